The molecule has 2 aromatic heterocycles. The van der Waals surface area contributed by atoms with Gasteiger partial charge in [-0.3, -0.25) is 9.59 Å². The Bertz CT molecular complexity index is 1040. The number of carbonyl (C=O) groups is 2. The van der Waals surface area contributed by atoms with Crippen molar-refractivity contribution in [2.24, 2.45) is 0 Å². The number of likely N-dealkylation sites (tertiary alicyclic amines) is 1. The SMILES string of the molecule is Cc1cc2c(cc3n2CC(C)(C(=O)NC2CCCCCCC2)N(CCCN2CCCCC2)C3=O)o1. The lowest BCUT2D eigenvalue weighted by molar-refractivity contribution is -0.133. The molecule has 3 aliphatic rings. The molecule has 4 heterocycles. The highest BCUT2D eigenvalue weighted by molar-refractivity contribution is 6.03. The van der Waals surface area contributed by atoms with Gasteiger partial charge in [-0.1, -0.05) is 38.5 Å². The van der Waals surface area contributed by atoms with Crippen LogP contribution in [0.15, 0.2) is 16.5 Å². The molecule has 0 radical (unpaired) electrons. The van der Waals surface area contributed by atoms with Crippen LogP contribution < -0.4 is 5.32 Å². The van der Waals surface area contributed by atoms with Gasteiger partial charge in [-0.2, -0.15) is 0 Å². The molecule has 2 fully saturated rings. The first-order chi connectivity index (χ1) is 17.0. The molecular formula is C28H42N4O3. The van der Waals surface area contributed by atoms with E-state index in [9.17, 15) is 9.59 Å². The van der Waals surface area contributed by atoms with E-state index in [4.69, 9.17) is 4.42 Å². The quantitative estimate of drug-likeness (QED) is 0.638. The molecule has 35 heavy (non-hydrogen) atoms. The van der Waals surface area contributed by atoms with Crippen LogP contribution in [-0.4, -0.2) is 63.9 Å². The van der Waals surface area contributed by atoms with Crippen LogP contribution in [0.3, 0.4) is 0 Å². The minimum absolute atomic E-state index is 0.0119. The Labute approximate surface area is 209 Å². The number of rotatable bonds is 6. The Balaban J connectivity index is 1.38. The molecule has 7 heteroatoms. The molecular weight excluding hydrogens is 440 g/mol. The monoisotopic (exact) mass is 482 g/mol. The summed E-state index contributed by atoms with van der Waals surface area (Å²) in [5.41, 5.74) is 1.34. The lowest BCUT2D eigenvalue weighted by atomic mass is 9.92. The molecule has 2 aromatic rings. The second kappa shape index (κ2) is 10.4. The zero-order valence-electron chi connectivity index (χ0n) is 21.6. The van der Waals surface area contributed by atoms with Crippen molar-refractivity contribution >= 4 is 22.9 Å². The zero-order chi connectivity index (χ0) is 24.4. The lowest BCUT2D eigenvalue weighted by Gasteiger charge is -2.45. The summed E-state index contributed by atoms with van der Waals surface area (Å²) >= 11 is 0. The Kier molecular flexibility index (Phi) is 7.24. The number of hydrogen-bond donors (Lipinski definition) is 1. The maximum absolute atomic E-state index is 13.9. The second-order valence-electron chi connectivity index (χ2n) is 11.2. The molecule has 1 saturated heterocycles. The van der Waals surface area contributed by atoms with Crippen LogP contribution in [0.4, 0.5) is 0 Å². The summed E-state index contributed by atoms with van der Waals surface area (Å²) in [5, 5.41) is 3.38. The molecule has 5 rings (SSSR count). The third-order valence-electron chi connectivity index (χ3n) is 8.47. The van der Waals surface area contributed by atoms with Gasteiger partial charge in [0.2, 0.25) is 5.91 Å². The van der Waals surface area contributed by atoms with Gasteiger partial charge in [0.15, 0.2) is 5.58 Å². The molecule has 1 unspecified atom stereocenters. The van der Waals surface area contributed by atoms with Gasteiger partial charge in [-0.25, -0.2) is 0 Å². The Morgan fingerprint density at radius 2 is 1.71 bits per heavy atom. The smallest absolute Gasteiger partial charge is 0.271 e. The molecule has 192 valence electrons. The van der Waals surface area contributed by atoms with Crippen molar-refractivity contribution in [1.29, 1.82) is 0 Å². The highest BCUT2D eigenvalue weighted by Crippen LogP contribution is 2.34. The third-order valence-corrected chi connectivity index (χ3v) is 8.47. The fourth-order valence-corrected chi connectivity index (χ4v) is 6.39. The van der Waals surface area contributed by atoms with Crippen molar-refractivity contribution in [2.75, 3.05) is 26.2 Å². The van der Waals surface area contributed by atoms with Gasteiger partial charge in [0.25, 0.3) is 5.91 Å². The van der Waals surface area contributed by atoms with E-state index in [0.717, 1.165) is 68.6 Å². The topological polar surface area (TPSA) is 70.7 Å². The van der Waals surface area contributed by atoms with E-state index in [-0.39, 0.29) is 17.9 Å². The molecule has 2 aliphatic heterocycles. The summed E-state index contributed by atoms with van der Waals surface area (Å²) in [6.07, 6.45) is 12.9. The predicted molar refractivity (Wildman–Crippen MR) is 138 cm³/mol. The number of carbonyl (C=O) groups excluding carboxylic acids is 2. The number of furan rings is 1. The van der Waals surface area contributed by atoms with Gasteiger partial charge < -0.3 is 24.1 Å². The lowest BCUT2D eigenvalue weighted by Crippen LogP contribution is -2.65. The van der Waals surface area contributed by atoms with Crippen LogP contribution in [0.25, 0.3) is 11.1 Å². The Morgan fingerprint density at radius 1 is 1.03 bits per heavy atom. The molecule has 2 amide bonds. The number of piperidine rings is 1. The molecule has 1 N–H and O–H groups in total. The van der Waals surface area contributed by atoms with E-state index < -0.39 is 5.54 Å². The first-order valence-corrected chi connectivity index (χ1v) is 13.9. The van der Waals surface area contributed by atoms with E-state index in [0.29, 0.717) is 18.8 Å². The third kappa shape index (κ3) is 5.02. The van der Waals surface area contributed by atoms with Gasteiger partial charge in [0.05, 0.1) is 12.1 Å². The maximum atomic E-state index is 13.9. The van der Waals surface area contributed by atoms with Gasteiger partial charge >= 0.3 is 0 Å². The van der Waals surface area contributed by atoms with Crippen molar-refractivity contribution in [3.8, 4) is 0 Å². The van der Waals surface area contributed by atoms with Crippen LogP contribution in [0, 0.1) is 6.92 Å². The fourth-order valence-electron chi connectivity index (χ4n) is 6.39. The maximum Gasteiger partial charge on any atom is 0.271 e. The van der Waals surface area contributed by atoms with Gasteiger partial charge in [-0.15, -0.1) is 0 Å². The van der Waals surface area contributed by atoms with Crippen LogP contribution in [-0.2, 0) is 11.3 Å². The standard InChI is InChI=1S/C28H42N4O3/c1-21-18-23-25(35-21)19-24-26(33)32(17-11-16-30-14-9-6-10-15-30)28(2,20-31(23)24)27(34)29-22-12-7-4-3-5-8-13-22/h18-19,22H,3-17,20H2,1-2H3,(H,29,34). The van der Waals surface area contributed by atoms with Crippen LogP contribution in [0.5, 0.6) is 0 Å². The largest absolute Gasteiger partial charge is 0.460 e. The Morgan fingerprint density at radius 3 is 2.46 bits per heavy atom. The van der Waals surface area contributed by atoms with Crippen molar-refractivity contribution in [2.45, 2.75) is 103 Å². The number of fused-ring (bicyclic) bond motifs is 3. The molecule has 7 nitrogen and oxygen atoms in total. The minimum atomic E-state index is -0.925. The highest BCUT2D eigenvalue weighted by Gasteiger charge is 2.48. The Hall–Kier alpha value is -2.28. The average Bonchev–Trinajstić information content (AvgIpc) is 3.35. The summed E-state index contributed by atoms with van der Waals surface area (Å²) in [5.74, 6) is 0.749. The highest BCUT2D eigenvalue weighted by atomic mass is 16.3. The fraction of sp³-hybridized carbons (Fsp3) is 0.714. The van der Waals surface area contributed by atoms with E-state index >= 15 is 0 Å². The summed E-state index contributed by atoms with van der Waals surface area (Å²) in [6.45, 7) is 8.20. The van der Waals surface area contributed by atoms with Crippen molar-refractivity contribution in [3.63, 3.8) is 0 Å². The number of nitrogens with zero attached hydrogens (tertiary/aromatic N) is 3. The molecule has 0 bridgehead atoms. The summed E-state index contributed by atoms with van der Waals surface area (Å²) in [7, 11) is 0. The first-order valence-electron chi connectivity index (χ1n) is 13.9. The van der Waals surface area contributed by atoms with Gasteiger partial charge in [0, 0.05) is 24.7 Å². The van der Waals surface area contributed by atoms with E-state index in [2.05, 4.69) is 10.2 Å². The van der Waals surface area contributed by atoms with Crippen molar-refractivity contribution in [1.82, 2.24) is 19.7 Å². The van der Waals surface area contributed by atoms with Crippen molar-refractivity contribution in [3.05, 3.63) is 23.6 Å². The van der Waals surface area contributed by atoms with E-state index in [1.165, 1.54) is 38.5 Å². The zero-order valence-corrected chi connectivity index (χ0v) is 21.6. The number of aryl methyl sites for hydroxylation is 1. The summed E-state index contributed by atoms with van der Waals surface area (Å²) in [4.78, 5) is 32.1. The summed E-state index contributed by atoms with van der Waals surface area (Å²) < 4.78 is 7.85. The number of hydrogen-bond acceptors (Lipinski definition) is 4. The number of amides is 2. The van der Waals surface area contributed by atoms with E-state index in [1.807, 2.05) is 35.4 Å². The minimum Gasteiger partial charge on any atom is -0.460 e. The average molecular weight is 483 g/mol. The normalized spacial score (nSPS) is 24.9. The van der Waals surface area contributed by atoms with Gasteiger partial charge in [-0.05, 0) is 65.6 Å². The van der Waals surface area contributed by atoms with Crippen LogP contribution >= 0.6 is 0 Å². The molecule has 1 saturated carbocycles. The van der Waals surface area contributed by atoms with Crippen LogP contribution in [0.2, 0.25) is 0 Å². The second-order valence-corrected chi connectivity index (χ2v) is 11.2. The predicted octanol–water partition coefficient (Wildman–Crippen LogP) is 4.86. The number of aromatic nitrogens is 1. The molecule has 1 aliphatic carbocycles. The van der Waals surface area contributed by atoms with Crippen LogP contribution in [0.1, 0.15) is 93.8 Å². The number of nitrogens with one attached hydrogen (secondary N) is 1. The van der Waals surface area contributed by atoms with E-state index in [1.54, 1.807) is 0 Å². The molecule has 0 aromatic carbocycles. The first kappa shape index (κ1) is 24.4. The summed E-state index contributed by atoms with van der Waals surface area (Å²) in [6, 6.07) is 4.03. The van der Waals surface area contributed by atoms with Gasteiger partial charge in [0.1, 0.15) is 17.0 Å². The van der Waals surface area contributed by atoms with Crippen molar-refractivity contribution < 1.29 is 14.0 Å². The molecule has 1 atom stereocenters. The molecule has 0 spiro atoms.